The topological polar surface area (TPSA) is 58.4 Å². The number of nitrogens with one attached hydrogen (secondary N) is 1. The second kappa shape index (κ2) is 7.02. The van der Waals surface area contributed by atoms with Crippen LogP contribution in [0.1, 0.15) is 17.2 Å². The summed E-state index contributed by atoms with van der Waals surface area (Å²) in [7, 11) is 4.02. The maximum atomic E-state index is 12.2. The number of nitrogens with two attached hydrogens (primary N) is 1. The van der Waals surface area contributed by atoms with E-state index in [4.69, 9.17) is 5.73 Å². The molecular formula is C17H21N3O. The lowest BCUT2D eigenvalue weighted by Gasteiger charge is -2.14. The van der Waals surface area contributed by atoms with Gasteiger partial charge in [0.2, 0.25) is 5.91 Å². The van der Waals surface area contributed by atoms with Crippen LogP contribution in [0, 0.1) is 0 Å². The van der Waals surface area contributed by atoms with Gasteiger partial charge in [0, 0.05) is 12.2 Å². The summed E-state index contributed by atoms with van der Waals surface area (Å²) < 4.78 is 0. The van der Waals surface area contributed by atoms with Crippen LogP contribution < -0.4 is 11.1 Å². The van der Waals surface area contributed by atoms with Crippen molar-refractivity contribution in [3.63, 3.8) is 0 Å². The summed E-state index contributed by atoms with van der Waals surface area (Å²) in [5, 5.41) is 2.87. The Morgan fingerprint density at radius 2 is 1.86 bits per heavy atom. The second-order valence-corrected chi connectivity index (χ2v) is 5.32. The summed E-state index contributed by atoms with van der Waals surface area (Å²) in [6, 6.07) is 16.5. The van der Waals surface area contributed by atoms with Gasteiger partial charge < -0.3 is 16.0 Å². The van der Waals surface area contributed by atoms with Crippen molar-refractivity contribution in [1.82, 2.24) is 4.90 Å². The standard InChI is InChI=1S/C17H21N3O/c1-20(2)12-13-7-6-10-15(11-13)19-17(21)16(18)14-8-4-3-5-9-14/h3-11,16H,12,18H2,1-2H3,(H,19,21)/t16-/m1/s1. The van der Waals surface area contributed by atoms with Crippen molar-refractivity contribution in [3.05, 3.63) is 65.7 Å². The largest absolute Gasteiger partial charge is 0.324 e. The fourth-order valence-corrected chi connectivity index (χ4v) is 2.14. The van der Waals surface area contributed by atoms with E-state index < -0.39 is 6.04 Å². The van der Waals surface area contributed by atoms with Crippen molar-refractivity contribution in [2.24, 2.45) is 5.73 Å². The number of carbonyl (C=O) groups excluding carboxylic acids is 1. The third-order valence-electron chi connectivity index (χ3n) is 3.13. The average molecular weight is 283 g/mol. The van der Waals surface area contributed by atoms with Crippen LogP contribution in [0.5, 0.6) is 0 Å². The predicted octanol–water partition coefficient (Wildman–Crippen LogP) is 2.39. The van der Waals surface area contributed by atoms with Gasteiger partial charge in [0.1, 0.15) is 6.04 Å². The molecule has 2 rings (SSSR count). The summed E-state index contributed by atoms with van der Waals surface area (Å²) in [4.78, 5) is 14.3. The van der Waals surface area contributed by atoms with E-state index in [1.807, 2.05) is 68.7 Å². The monoisotopic (exact) mass is 283 g/mol. The Hall–Kier alpha value is -2.17. The fourth-order valence-electron chi connectivity index (χ4n) is 2.14. The number of amides is 1. The molecule has 4 nitrogen and oxygen atoms in total. The zero-order valence-electron chi connectivity index (χ0n) is 12.4. The molecule has 0 fully saturated rings. The molecule has 1 atom stereocenters. The van der Waals surface area contributed by atoms with Crippen molar-refractivity contribution >= 4 is 11.6 Å². The minimum absolute atomic E-state index is 0.205. The molecule has 0 saturated heterocycles. The number of nitrogens with zero attached hydrogens (tertiary/aromatic N) is 1. The van der Waals surface area contributed by atoms with Crippen molar-refractivity contribution in [3.8, 4) is 0 Å². The summed E-state index contributed by atoms with van der Waals surface area (Å²) >= 11 is 0. The molecule has 2 aromatic carbocycles. The zero-order valence-corrected chi connectivity index (χ0v) is 12.4. The van der Waals surface area contributed by atoms with Gasteiger partial charge in [-0.1, -0.05) is 42.5 Å². The van der Waals surface area contributed by atoms with Crippen LogP contribution in [0.15, 0.2) is 54.6 Å². The number of anilines is 1. The average Bonchev–Trinajstić information content (AvgIpc) is 2.47. The van der Waals surface area contributed by atoms with E-state index in [-0.39, 0.29) is 5.91 Å². The lowest BCUT2D eigenvalue weighted by Crippen LogP contribution is -2.27. The first-order valence-corrected chi connectivity index (χ1v) is 6.91. The summed E-state index contributed by atoms with van der Waals surface area (Å²) in [5.74, 6) is -0.205. The Balaban J connectivity index is 2.06. The molecule has 0 aliphatic carbocycles. The van der Waals surface area contributed by atoms with Crippen LogP contribution >= 0.6 is 0 Å². The van der Waals surface area contributed by atoms with Crippen molar-refractivity contribution in [1.29, 1.82) is 0 Å². The van der Waals surface area contributed by atoms with Gasteiger partial charge in [-0.3, -0.25) is 4.79 Å². The van der Waals surface area contributed by atoms with Crippen LogP contribution in [-0.2, 0) is 11.3 Å². The maximum absolute atomic E-state index is 12.2. The molecule has 0 unspecified atom stereocenters. The molecule has 0 saturated carbocycles. The molecule has 0 aliphatic heterocycles. The minimum atomic E-state index is -0.663. The van der Waals surface area contributed by atoms with Crippen molar-refractivity contribution in [2.45, 2.75) is 12.6 Å². The van der Waals surface area contributed by atoms with Gasteiger partial charge in [-0.25, -0.2) is 0 Å². The van der Waals surface area contributed by atoms with Crippen LogP contribution in [0.4, 0.5) is 5.69 Å². The number of rotatable bonds is 5. The molecule has 0 bridgehead atoms. The Labute approximate surface area is 125 Å². The molecule has 3 N–H and O–H groups in total. The third-order valence-corrected chi connectivity index (χ3v) is 3.13. The van der Waals surface area contributed by atoms with Gasteiger partial charge in [-0.15, -0.1) is 0 Å². The smallest absolute Gasteiger partial charge is 0.245 e. The van der Waals surface area contributed by atoms with Crippen LogP contribution in [0.2, 0.25) is 0 Å². The van der Waals surface area contributed by atoms with Crippen molar-refractivity contribution in [2.75, 3.05) is 19.4 Å². The molecule has 0 heterocycles. The van der Waals surface area contributed by atoms with Gasteiger partial charge in [-0.05, 0) is 37.4 Å². The maximum Gasteiger partial charge on any atom is 0.245 e. The molecule has 0 aromatic heterocycles. The first-order chi connectivity index (χ1) is 10.1. The molecule has 21 heavy (non-hydrogen) atoms. The highest BCUT2D eigenvalue weighted by molar-refractivity contribution is 5.95. The Morgan fingerprint density at radius 1 is 1.14 bits per heavy atom. The highest BCUT2D eigenvalue weighted by Crippen LogP contribution is 2.15. The quantitative estimate of drug-likeness (QED) is 0.886. The summed E-state index contributed by atoms with van der Waals surface area (Å²) in [6.45, 7) is 0.828. The first kappa shape index (κ1) is 15.2. The Kier molecular flexibility index (Phi) is 5.09. The number of hydrogen-bond acceptors (Lipinski definition) is 3. The molecule has 1 amide bonds. The van der Waals surface area contributed by atoms with Gasteiger partial charge in [0.15, 0.2) is 0 Å². The van der Waals surface area contributed by atoms with E-state index in [0.29, 0.717) is 0 Å². The van der Waals surface area contributed by atoms with Crippen LogP contribution in [0.25, 0.3) is 0 Å². The summed E-state index contributed by atoms with van der Waals surface area (Å²) in [6.07, 6.45) is 0. The SMILES string of the molecule is CN(C)Cc1cccc(NC(=O)[C@H](N)c2ccccc2)c1. The predicted molar refractivity (Wildman–Crippen MR) is 85.8 cm³/mol. The van der Waals surface area contributed by atoms with Crippen LogP contribution in [-0.4, -0.2) is 24.9 Å². The van der Waals surface area contributed by atoms with E-state index in [1.165, 1.54) is 0 Å². The van der Waals surface area contributed by atoms with Gasteiger partial charge >= 0.3 is 0 Å². The van der Waals surface area contributed by atoms with Crippen molar-refractivity contribution < 1.29 is 4.79 Å². The zero-order chi connectivity index (χ0) is 15.2. The molecule has 4 heteroatoms. The van der Waals surface area contributed by atoms with Crippen LogP contribution in [0.3, 0.4) is 0 Å². The number of carbonyl (C=O) groups is 1. The minimum Gasteiger partial charge on any atom is -0.324 e. The molecule has 0 spiro atoms. The Bertz CT molecular complexity index is 596. The van der Waals surface area contributed by atoms with Gasteiger partial charge in [-0.2, -0.15) is 0 Å². The molecular weight excluding hydrogens is 262 g/mol. The second-order valence-electron chi connectivity index (χ2n) is 5.32. The lowest BCUT2D eigenvalue weighted by atomic mass is 10.1. The third kappa shape index (κ3) is 4.41. The lowest BCUT2D eigenvalue weighted by molar-refractivity contribution is -0.117. The molecule has 110 valence electrons. The van der Waals surface area contributed by atoms with Gasteiger partial charge in [0.25, 0.3) is 0 Å². The molecule has 2 aromatic rings. The number of benzene rings is 2. The molecule has 0 aliphatic rings. The first-order valence-electron chi connectivity index (χ1n) is 6.91. The normalized spacial score (nSPS) is 12.2. The fraction of sp³-hybridized carbons (Fsp3) is 0.235. The number of hydrogen-bond donors (Lipinski definition) is 2. The summed E-state index contributed by atoms with van der Waals surface area (Å²) in [5.41, 5.74) is 8.70. The van der Waals surface area contributed by atoms with E-state index in [1.54, 1.807) is 0 Å². The van der Waals surface area contributed by atoms with E-state index in [0.717, 1.165) is 23.4 Å². The van der Waals surface area contributed by atoms with E-state index in [2.05, 4.69) is 10.2 Å². The highest BCUT2D eigenvalue weighted by atomic mass is 16.2. The van der Waals surface area contributed by atoms with E-state index >= 15 is 0 Å². The highest BCUT2D eigenvalue weighted by Gasteiger charge is 2.15. The molecule has 0 radical (unpaired) electrons. The Morgan fingerprint density at radius 3 is 2.52 bits per heavy atom. The van der Waals surface area contributed by atoms with E-state index in [9.17, 15) is 4.79 Å². The van der Waals surface area contributed by atoms with Gasteiger partial charge in [0.05, 0.1) is 0 Å².